The van der Waals surface area contributed by atoms with Crippen LogP contribution in [0.5, 0.6) is 11.5 Å². The smallest absolute Gasteiger partial charge is 0.433 e. The number of aromatic nitrogens is 1. The minimum Gasteiger partial charge on any atom is -0.493 e. The molecule has 2 N–H and O–H groups in total. The van der Waals surface area contributed by atoms with Crippen molar-refractivity contribution in [3.8, 4) is 11.5 Å². The summed E-state index contributed by atoms with van der Waals surface area (Å²) in [5.41, 5.74) is 0.374. The van der Waals surface area contributed by atoms with Crippen LogP contribution < -0.4 is 20.1 Å². The predicted octanol–water partition coefficient (Wildman–Crippen LogP) is 4.43. The summed E-state index contributed by atoms with van der Waals surface area (Å²) in [5.74, 6) is 1.39. The molecule has 1 saturated heterocycles. The van der Waals surface area contributed by atoms with Gasteiger partial charge in [-0.15, -0.1) is 0 Å². The highest BCUT2D eigenvalue weighted by atomic mass is 19.4. The largest absolute Gasteiger partial charge is 0.493 e. The number of fused-ring (bicyclic) bond motifs is 1. The number of pyridine rings is 1. The number of nitrogens with zero attached hydrogens (tertiary/aromatic N) is 2. The van der Waals surface area contributed by atoms with Crippen LogP contribution >= 0.6 is 0 Å². The molecule has 4 rings (SSSR count). The van der Waals surface area contributed by atoms with E-state index in [0.717, 1.165) is 44.5 Å². The Bertz CT molecular complexity index is 1030. The van der Waals surface area contributed by atoms with E-state index in [1.165, 1.54) is 11.6 Å². The maximum atomic E-state index is 12.7. The lowest BCUT2D eigenvalue weighted by Crippen LogP contribution is -2.52. The lowest BCUT2D eigenvalue weighted by molar-refractivity contribution is -0.141. The number of hydrogen-bond acceptors (Lipinski definition) is 5. The van der Waals surface area contributed by atoms with E-state index in [4.69, 9.17) is 9.47 Å². The summed E-state index contributed by atoms with van der Waals surface area (Å²) < 4.78 is 49.0. The van der Waals surface area contributed by atoms with E-state index in [0.29, 0.717) is 11.5 Å². The highest BCUT2D eigenvalue weighted by molar-refractivity contribution is 5.89. The minimum atomic E-state index is -4.52. The van der Waals surface area contributed by atoms with Gasteiger partial charge in [-0.05, 0) is 69.1 Å². The number of amides is 2. The summed E-state index contributed by atoms with van der Waals surface area (Å²) >= 11 is 0. The zero-order valence-electron chi connectivity index (χ0n) is 19.4. The number of likely N-dealkylation sites (tertiary alicyclic amines) is 1. The van der Waals surface area contributed by atoms with Crippen LogP contribution in [0.1, 0.15) is 36.9 Å². The van der Waals surface area contributed by atoms with E-state index in [2.05, 4.69) is 39.7 Å². The summed E-state index contributed by atoms with van der Waals surface area (Å²) in [7, 11) is 5.34. The molecular formula is C24H29F3N4O3. The minimum absolute atomic E-state index is 0.0414. The van der Waals surface area contributed by atoms with E-state index in [1.54, 1.807) is 14.2 Å². The van der Waals surface area contributed by atoms with E-state index >= 15 is 0 Å². The van der Waals surface area contributed by atoms with Crippen molar-refractivity contribution in [2.45, 2.75) is 49.4 Å². The Labute approximate surface area is 196 Å². The predicted molar refractivity (Wildman–Crippen MR) is 121 cm³/mol. The molecule has 3 atom stereocenters. The molecule has 0 bridgehead atoms. The third kappa shape index (κ3) is 4.64. The number of anilines is 1. The van der Waals surface area contributed by atoms with Crippen LogP contribution in [0, 0.1) is 0 Å². The molecule has 7 nitrogen and oxygen atoms in total. The number of rotatable bonds is 5. The number of carbonyl (C=O) groups excluding carboxylic acids is 1. The Morgan fingerprint density at radius 2 is 1.91 bits per heavy atom. The molecule has 2 fully saturated rings. The number of halogens is 3. The molecule has 2 amide bonds. The summed E-state index contributed by atoms with van der Waals surface area (Å²) in [5, 5.41) is 5.57. The number of nitrogens with one attached hydrogen (secondary N) is 2. The lowest BCUT2D eigenvalue weighted by Gasteiger charge is -2.45. The third-order valence-electron chi connectivity index (χ3n) is 7.13. The molecule has 2 heterocycles. The summed E-state index contributed by atoms with van der Waals surface area (Å²) in [4.78, 5) is 18.2. The quantitative estimate of drug-likeness (QED) is 0.665. The van der Waals surface area contributed by atoms with Gasteiger partial charge in [0.15, 0.2) is 11.5 Å². The number of hydrogen-bond donors (Lipinski definition) is 2. The second kappa shape index (κ2) is 9.32. The molecule has 1 aromatic heterocycles. The molecule has 1 saturated carbocycles. The maximum Gasteiger partial charge on any atom is 0.433 e. The van der Waals surface area contributed by atoms with E-state index in [9.17, 15) is 18.0 Å². The van der Waals surface area contributed by atoms with Crippen molar-refractivity contribution in [3.63, 3.8) is 0 Å². The Morgan fingerprint density at radius 1 is 1.15 bits per heavy atom. The molecule has 0 unspecified atom stereocenters. The molecule has 2 aliphatic rings. The van der Waals surface area contributed by atoms with Crippen LogP contribution in [0.3, 0.4) is 0 Å². The average Bonchev–Trinajstić information content (AvgIpc) is 3.15. The van der Waals surface area contributed by atoms with Crippen molar-refractivity contribution < 1.29 is 27.4 Å². The summed E-state index contributed by atoms with van der Waals surface area (Å²) in [6, 6.07) is 7.87. The van der Waals surface area contributed by atoms with Gasteiger partial charge in [0.2, 0.25) is 0 Å². The van der Waals surface area contributed by atoms with E-state index < -0.39 is 17.9 Å². The van der Waals surface area contributed by atoms with Crippen LogP contribution in [0.25, 0.3) is 0 Å². The van der Waals surface area contributed by atoms with Crippen molar-refractivity contribution in [2.24, 2.45) is 0 Å². The number of ether oxygens (including phenoxy) is 2. The summed E-state index contributed by atoms with van der Waals surface area (Å²) in [6.45, 7) is 0.954. The van der Waals surface area contributed by atoms with Crippen molar-refractivity contribution in [1.82, 2.24) is 15.2 Å². The zero-order valence-corrected chi connectivity index (χ0v) is 19.4. The zero-order chi connectivity index (χ0) is 24.5. The molecule has 0 radical (unpaired) electrons. The van der Waals surface area contributed by atoms with Gasteiger partial charge in [-0.1, -0.05) is 6.07 Å². The lowest BCUT2D eigenvalue weighted by atomic mass is 9.65. The summed E-state index contributed by atoms with van der Waals surface area (Å²) in [6.07, 6.45) is -0.0440. The average molecular weight is 479 g/mol. The Morgan fingerprint density at radius 3 is 2.56 bits per heavy atom. The molecular weight excluding hydrogens is 449 g/mol. The van der Waals surface area contributed by atoms with Crippen LogP contribution in [-0.4, -0.2) is 55.8 Å². The van der Waals surface area contributed by atoms with Crippen LogP contribution in [0.4, 0.5) is 23.7 Å². The number of urea groups is 1. The van der Waals surface area contributed by atoms with Crippen LogP contribution in [-0.2, 0) is 11.6 Å². The SMILES string of the molecule is COc1ccc([C@@]23CC[C@@H](NC(=O)Nc4ccc(C(F)(F)F)nc4)C[C@@H]2N(C)CC3)cc1OC. The number of methoxy groups -OCH3 is 2. The monoisotopic (exact) mass is 478 g/mol. The highest BCUT2D eigenvalue weighted by Crippen LogP contribution is 2.49. The van der Waals surface area contributed by atoms with Crippen molar-refractivity contribution in [2.75, 3.05) is 33.1 Å². The number of alkyl halides is 3. The van der Waals surface area contributed by atoms with Crippen molar-refractivity contribution >= 4 is 11.7 Å². The molecule has 1 aliphatic heterocycles. The van der Waals surface area contributed by atoms with Crippen LogP contribution in [0.15, 0.2) is 36.5 Å². The van der Waals surface area contributed by atoms with Crippen molar-refractivity contribution in [1.29, 1.82) is 0 Å². The first-order valence-electron chi connectivity index (χ1n) is 11.2. The normalized spacial score (nSPS) is 24.9. The first-order valence-corrected chi connectivity index (χ1v) is 11.2. The fraction of sp³-hybridized carbons (Fsp3) is 0.500. The van der Waals surface area contributed by atoms with Gasteiger partial charge in [-0.2, -0.15) is 13.2 Å². The van der Waals surface area contributed by atoms with Gasteiger partial charge in [0.05, 0.1) is 26.1 Å². The second-order valence-corrected chi connectivity index (χ2v) is 8.97. The number of likely N-dealkylation sites (N-methyl/N-ethyl adjacent to an activating group) is 1. The molecule has 0 spiro atoms. The van der Waals surface area contributed by atoms with Gasteiger partial charge < -0.3 is 25.0 Å². The van der Waals surface area contributed by atoms with Gasteiger partial charge in [0, 0.05) is 17.5 Å². The molecule has 2 aromatic rings. The van der Waals surface area contributed by atoms with Gasteiger partial charge in [-0.25, -0.2) is 9.78 Å². The van der Waals surface area contributed by atoms with Gasteiger partial charge in [0.25, 0.3) is 0 Å². The van der Waals surface area contributed by atoms with Gasteiger partial charge in [-0.3, -0.25) is 0 Å². The standard InChI is InChI=1S/C24H29F3N4O3/c1-31-11-10-23(15-4-6-18(33-2)19(12-15)34-3)9-8-16(13-21(23)31)29-22(32)30-17-5-7-20(28-14-17)24(25,26)27/h4-7,12,14,16,21H,8-11,13H2,1-3H3,(H2,29,30,32)/t16-,21+,23+/m1/s1. The van der Waals surface area contributed by atoms with Gasteiger partial charge in [0.1, 0.15) is 5.69 Å². The number of carbonyl (C=O) groups is 1. The first kappa shape index (κ1) is 24.1. The Kier molecular flexibility index (Phi) is 6.62. The second-order valence-electron chi connectivity index (χ2n) is 8.97. The molecule has 1 aliphatic carbocycles. The fourth-order valence-corrected chi connectivity index (χ4v) is 5.38. The number of benzene rings is 1. The molecule has 34 heavy (non-hydrogen) atoms. The first-order chi connectivity index (χ1) is 16.2. The fourth-order valence-electron chi connectivity index (χ4n) is 5.38. The Balaban J connectivity index is 1.43. The van der Waals surface area contributed by atoms with E-state index in [-0.39, 0.29) is 23.2 Å². The molecule has 1 aromatic carbocycles. The third-order valence-corrected chi connectivity index (χ3v) is 7.13. The molecule has 10 heteroatoms. The van der Waals surface area contributed by atoms with Gasteiger partial charge >= 0.3 is 12.2 Å². The maximum absolute atomic E-state index is 12.7. The van der Waals surface area contributed by atoms with Crippen molar-refractivity contribution in [3.05, 3.63) is 47.8 Å². The highest BCUT2D eigenvalue weighted by Gasteiger charge is 2.50. The topological polar surface area (TPSA) is 75.7 Å². The Hall–Kier alpha value is -3.01. The van der Waals surface area contributed by atoms with Crippen LogP contribution in [0.2, 0.25) is 0 Å². The molecule has 184 valence electrons. The van der Waals surface area contributed by atoms with E-state index in [1.807, 2.05) is 6.07 Å².